The third-order valence-electron chi connectivity index (χ3n) is 4.28. The summed E-state index contributed by atoms with van der Waals surface area (Å²) in [4.78, 5) is 27.4. The number of primary amides is 1. The maximum absolute atomic E-state index is 12.3. The van der Waals surface area contributed by atoms with Crippen LogP contribution in [0.1, 0.15) is 21.8 Å². The highest BCUT2D eigenvalue weighted by Crippen LogP contribution is 2.13. The molecular weight excluding hydrogens is 336 g/mol. The van der Waals surface area contributed by atoms with E-state index in [0.717, 1.165) is 24.5 Å². The molecule has 0 saturated carbocycles. The van der Waals surface area contributed by atoms with Crippen LogP contribution in [0.2, 0.25) is 0 Å². The number of carbonyl (C=O) groups is 2. The molecule has 0 bridgehead atoms. The third kappa shape index (κ3) is 4.60. The first kappa shape index (κ1) is 17.9. The predicted octanol–water partition coefficient (Wildman–Crippen LogP) is 0.805. The van der Waals surface area contributed by atoms with E-state index in [1.165, 1.54) is 0 Å². The molecule has 26 heavy (non-hydrogen) atoms. The maximum Gasteiger partial charge on any atom is 0.260 e. The zero-order valence-electron chi connectivity index (χ0n) is 14.7. The Kier molecular flexibility index (Phi) is 5.52. The van der Waals surface area contributed by atoms with Crippen molar-refractivity contribution in [2.75, 3.05) is 32.8 Å². The Morgan fingerprint density at radius 1 is 1.19 bits per heavy atom. The lowest BCUT2D eigenvalue weighted by Gasteiger charge is -2.34. The van der Waals surface area contributed by atoms with Gasteiger partial charge in [-0.1, -0.05) is 5.16 Å². The van der Waals surface area contributed by atoms with Crippen molar-refractivity contribution in [1.29, 1.82) is 0 Å². The first-order valence-corrected chi connectivity index (χ1v) is 8.46. The van der Waals surface area contributed by atoms with E-state index in [9.17, 15) is 9.59 Å². The normalized spacial score (nSPS) is 15.0. The SMILES string of the molecule is Cc1cc(CN2CCN(C(=O)COc3ccc(C(N)=O)cc3)CC2)on1. The van der Waals surface area contributed by atoms with Gasteiger partial charge in [-0.2, -0.15) is 0 Å². The summed E-state index contributed by atoms with van der Waals surface area (Å²) in [6.07, 6.45) is 0. The van der Waals surface area contributed by atoms with Gasteiger partial charge in [-0.15, -0.1) is 0 Å². The number of piperazine rings is 1. The molecule has 1 aromatic carbocycles. The molecule has 1 aromatic heterocycles. The average Bonchev–Trinajstić information content (AvgIpc) is 3.05. The molecule has 1 saturated heterocycles. The molecule has 2 aromatic rings. The van der Waals surface area contributed by atoms with Crippen LogP contribution in [0.15, 0.2) is 34.9 Å². The number of amides is 2. The van der Waals surface area contributed by atoms with Gasteiger partial charge in [-0.25, -0.2) is 0 Å². The second-order valence-corrected chi connectivity index (χ2v) is 6.27. The molecule has 8 heteroatoms. The highest BCUT2D eigenvalue weighted by atomic mass is 16.5. The van der Waals surface area contributed by atoms with Crippen LogP contribution in [0.4, 0.5) is 0 Å². The van der Waals surface area contributed by atoms with Crippen LogP contribution in [-0.2, 0) is 11.3 Å². The molecule has 0 atom stereocenters. The smallest absolute Gasteiger partial charge is 0.260 e. The zero-order valence-corrected chi connectivity index (χ0v) is 14.7. The monoisotopic (exact) mass is 358 g/mol. The first-order valence-electron chi connectivity index (χ1n) is 8.46. The lowest BCUT2D eigenvalue weighted by molar-refractivity contribution is -0.135. The minimum Gasteiger partial charge on any atom is -0.484 e. The fraction of sp³-hybridized carbons (Fsp3) is 0.389. The number of nitrogens with zero attached hydrogens (tertiary/aromatic N) is 3. The highest BCUT2D eigenvalue weighted by molar-refractivity contribution is 5.92. The van der Waals surface area contributed by atoms with Crippen LogP contribution in [0, 0.1) is 6.92 Å². The summed E-state index contributed by atoms with van der Waals surface area (Å²) in [5, 5.41) is 3.89. The number of rotatable bonds is 6. The molecule has 138 valence electrons. The molecule has 2 N–H and O–H groups in total. The number of benzene rings is 1. The van der Waals surface area contributed by atoms with Gasteiger partial charge in [-0.3, -0.25) is 14.5 Å². The number of hydrogen-bond donors (Lipinski definition) is 1. The van der Waals surface area contributed by atoms with Gasteiger partial charge in [0.25, 0.3) is 5.91 Å². The molecule has 2 amide bonds. The summed E-state index contributed by atoms with van der Waals surface area (Å²) in [6.45, 7) is 5.41. The maximum atomic E-state index is 12.3. The molecular formula is C18H22N4O4. The number of aromatic nitrogens is 1. The van der Waals surface area contributed by atoms with E-state index in [1.54, 1.807) is 29.2 Å². The summed E-state index contributed by atoms with van der Waals surface area (Å²) in [5.74, 6) is 0.817. The van der Waals surface area contributed by atoms with Crippen molar-refractivity contribution in [3.05, 3.63) is 47.3 Å². The van der Waals surface area contributed by atoms with Crippen molar-refractivity contribution < 1.29 is 18.8 Å². The Morgan fingerprint density at radius 3 is 2.46 bits per heavy atom. The summed E-state index contributed by atoms with van der Waals surface area (Å²) in [5.41, 5.74) is 6.47. The standard InChI is InChI=1S/C18H22N4O4/c1-13-10-16(26-20-13)11-21-6-8-22(9-7-21)17(23)12-25-15-4-2-14(3-5-15)18(19)24/h2-5,10H,6-9,11-12H2,1H3,(H2,19,24). The van der Waals surface area contributed by atoms with Crippen molar-refractivity contribution in [2.24, 2.45) is 5.73 Å². The number of carbonyl (C=O) groups excluding carboxylic acids is 2. The van der Waals surface area contributed by atoms with Gasteiger partial charge in [0.1, 0.15) is 5.75 Å². The molecule has 0 spiro atoms. The zero-order chi connectivity index (χ0) is 18.5. The fourth-order valence-electron chi connectivity index (χ4n) is 2.82. The largest absolute Gasteiger partial charge is 0.484 e. The van der Waals surface area contributed by atoms with E-state index in [4.69, 9.17) is 15.0 Å². The van der Waals surface area contributed by atoms with E-state index in [2.05, 4.69) is 10.1 Å². The first-order chi connectivity index (χ1) is 12.5. The van der Waals surface area contributed by atoms with Crippen LogP contribution >= 0.6 is 0 Å². The average molecular weight is 358 g/mol. The van der Waals surface area contributed by atoms with Gasteiger partial charge >= 0.3 is 0 Å². The summed E-state index contributed by atoms with van der Waals surface area (Å²) < 4.78 is 10.7. The lowest BCUT2D eigenvalue weighted by atomic mass is 10.2. The van der Waals surface area contributed by atoms with Crippen molar-refractivity contribution in [3.8, 4) is 5.75 Å². The summed E-state index contributed by atoms with van der Waals surface area (Å²) in [7, 11) is 0. The van der Waals surface area contributed by atoms with E-state index in [0.29, 0.717) is 30.9 Å². The molecule has 0 radical (unpaired) electrons. The molecule has 2 heterocycles. The van der Waals surface area contributed by atoms with E-state index < -0.39 is 5.91 Å². The lowest BCUT2D eigenvalue weighted by Crippen LogP contribution is -2.49. The molecule has 3 rings (SSSR count). The molecule has 0 unspecified atom stereocenters. The Bertz CT molecular complexity index is 764. The van der Waals surface area contributed by atoms with Crippen molar-refractivity contribution in [2.45, 2.75) is 13.5 Å². The number of nitrogens with two attached hydrogens (primary N) is 1. The number of hydrogen-bond acceptors (Lipinski definition) is 6. The van der Waals surface area contributed by atoms with Gasteiger partial charge in [0, 0.05) is 37.8 Å². The van der Waals surface area contributed by atoms with Gasteiger partial charge in [0.2, 0.25) is 5.91 Å². The molecule has 1 fully saturated rings. The van der Waals surface area contributed by atoms with Crippen molar-refractivity contribution >= 4 is 11.8 Å². The summed E-state index contributed by atoms with van der Waals surface area (Å²) in [6, 6.07) is 8.34. The quantitative estimate of drug-likeness (QED) is 0.820. The van der Waals surface area contributed by atoms with E-state index >= 15 is 0 Å². The fourth-order valence-corrected chi connectivity index (χ4v) is 2.82. The Balaban J connectivity index is 1.42. The van der Waals surface area contributed by atoms with E-state index in [1.807, 2.05) is 13.0 Å². The molecule has 1 aliphatic heterocycles. The number of aryl methyl sites for hydroxylation is 1. The Hall–Kier alpha value is -2.87. The van der Waals surface area contributed by atoms with Crippen LogP contribution in [-0.4, -0.2) is 59.6 Å². The topological polar surface area (TPSA) is 102 Å². The number of ether oxygens (including phenoxy) is 1. The Labute approximate surface area is 151 Å². The predicted molar refractivity (Wildman–Crippen MR) is 93.6 cm³/mol. The van der Waals surface area contributed by atoms with Gasteiger partial charge in [0.15, 0.2) is 12.4 Å². The van der Waals surface area contributed by atoms with Gasteiger partial charge in [-0.05, 0) is 31.2 Å². The van der Waals surface area contributed by atoms with Gasteiger partial charge < -0.3 is 19.9 Å². The molecule has 0 aliphatic carbocycles. The molecule has 1 aliphatic rings. The van der Waals surface area contributed by atoms with Crippen molar-refractivity contribution in [3.63, 3.8) is 0 Å². The molecule has 8 nitrogen and oxygen atoms in total. The summed E-state index contributed by atoms with van der Waals surface area (Å²) >= 11 is 0. The second-order valence-electron chi connectivity index (χ2n) is 6.27. The van der Waals surface area contributed by atoms with Gasteiger partial charge in [0.05, 0.1) is 12.2 Å². The van der Waals surface area contributed by atoms with Crippen LogP contribution in [0.5, 0.6) is 5.75 Å². The van der Waals surface area contributed by atoms with Crippen LogP contribution in [0.25, 0.3) is 0 Å². The van der Waals surface area contributed by atoms with Crippen molar-refractivity contribution in [1.82, 2.24) is 15.0 Å². The van der Waals surface area contributed by atoms with E-state index in [-0.39, 0.29) is 12.5 Å². The van der Waals surface area contributed by atoms with Crippen LogP contribution < -0.4 is 10.5 Å². The van der Waals surface area contributed by atoms with Crippen LogP contribution in [0.3, 0.4) is 0 Å². The Morgan fingerprint density at radius 2 is 1.88 bits per heavy atom. The second kappa shape index (κ2) is 8.01. The minimum atomic E-state index is -0.494. The minimum absolute atomic E-state index is 0.0305. The third-order valence-corrected chi connectivity index (χ3v) is 4.28. The highest BCUT2D eigenvalue weighted by Gasteiger charge is 2.22.